The van der Waals surface area contributed by atoms with Gasteiger partial charge in [-0.25, -0.2) is 26.4 Å². The molecule has 1 fully saturated rings. The standard InChI is InChI=1S/C25H29N2O13PS2/c1-6-39-21(28)20(41(36-3,37-4)38-5)25(23(30)40-7-2)22(29)26(42(32,33)18-14-10-8-11-15-18)24(31)27(25)43(34,35)19-16-12-9-13-17-19/h8-17H,6-7H2,1-5H3/p+1/b21-20+. The molecule has 234 valence electrons. The van der Waals surface area contributed by atoms with Crippen LogP contribution in [0.4, 0.5) is 4.79 Å². The van der Waals surface area contributed by atoms with Gasteiger partial charge in [0.05, 0.1) is 44.3 Å². The first kappa shape index (κ1) is 33.9. The molecule has 0 bridgehead atoms. The van der Waals surface area contributed by atoms with Crippen molar-refractivity contribution in [3.05, 3.63) is 71.9 Å². The number of amides is 3. The van der Waals surface area contributed by atoms with Crippen LogP contribution in [0.2, 0.25) is 0 Å². The normalized spacial score (nSPS) is 18.4. The molecule has 1 aliphatic rings. The number of sulfonamides is 2. The first-order chi connectivity index (χ1) is 20.3. The number of imide groups is 1. The molecule has 2 aromatic carbocycles. The molecule has 1 saturated heterocycles. The van der Waals surface area contributed by atoms with Crippen molar-refractivity contribution in [2.45, 2.75) is 29.2 Å². The third-order valence-electron chi connectivity index (χ3n) is 6.10. The first-order valence-electron chi connectivity index (χ1n) is 12.4. The smallest absolute Gasteiger partial charge is 0.454 e. The highest BCUT2D eigenvalue weighted by Crippen LogP contribution is 2.72. The van der Waals surface area contributed by atoms with Crippen molar-refractivity contribution in [2.24, 2.45) is 0 Å². The monoisotopic (exact) mass is 661 g/mol. The average molecular weight is 662 g/mol. The quantitative estimate of drug-likeness (QED) is 0.108. The summed E-state index contributed by atoms with van der Waals surface area (Å²) in [5.74, 6) is -5.06. The van der Waals surface area contributed by atoms with E-state index in [-0.39, 0.29) is 10.9 Å². The molecule has 1 N–H and O–H groups in total. The number of hydrogen-bond donors (Lipinski definition) is 1. The largest absolute Gasteiger partial charge is 0.478 e. The molecule has 0 aliphatic carbocycles. The van der Waals surface area contributed by atoms with Gasteiger partial charge in [-0.1, -0.05) is 36.4 Å². The van der Waals surface area contributed by atoms with Crippen molar-refractivity contribution < 1.29 is 59.4 Å². The summed E-state index contributed by atoms with van der Waals surface area (Å²) in [6, 6.07) is 10.2. The highest BCUT2D eigenvalue weighted by molar-refractivity contribution is 7.91. The van der Waals surface area contributed by atoms with Crippen LogP contribution in [0.25, 0.3) is 0 Å². The van der Waals surface area contributed by atoms with Crippen molar-refractivity contribution in [3.63, 3.8) is 0 Å². The van der Waals surface area contributed by atoms with Crippen LogP contribution < -0.4 is 0 Å². The number of nitrogens with zero attached hydrogens (tertiary/aromatic N) is 2. The highest BCUT2D eigenvalue weighted by atomic mass is 32.2. The van der Waals surface area contributed by atoms with Crippen LogP contribution in [0.5, 0.6) is 0 Å². The average Bonchev–Trinajstić information content (AvgIpc) is 3.24. The van der Waals surface area contributed by atoms with Crippen molar-refractivity contribution in [1.29, 1.82) is 0 Å². The summed E-state index contributed by atoms with van der Waals surface area (Å²) in [7, 11) is -12.0. The zero-order valence-corrected chi connectivity index (χ0v) is 26.2. The number of rotatable bonds is 13. The third kappa shape index (κ3) is 5.36. The van der Waals surface area contributed by atoms with Crippen LogP contribution in [0, 0.1) is 0 Å². The van der Waals surface area contributed by atoms with Crippen molar-refractivity contribution in [3.8, 4) is 0 Å². The number of ether oxygens (including phenoxy) is 2. The van der Waals surface area contributed by atoms with Gasteiger partial charge >= 0.3 is 31.4 Å². The zero-order chi connectivity index (χ0) is 32.2. The lowest BCUT2D eigenvalue weighted by Gasteiger charge is -2.34. The molecule has 0 radical (unpaired) electrons. The van der Waals surface area contributed by atoms with Crippen molar-refractivity contribution in [1.82, 2.24) is 8.61 Å². The van der Waals surface area contributed by atoms with E-state index in [1.54, 1.807) is 0 Å². The molecular weight excluding hydrogens is 631 g/mol. The fourth-order valence-corrected chi connectivity index (χ4v) is 9.36. The summed E-state index contributed by atoms with van der Waals surface area (Å²) in [5, 5.41) is 10.1. The number of urea groups is 1. The van der Waals surface area contributed by atoms with Crippen molar-refractivity contribution >= 4 is 45.9 Å². The predicted molar refractivity (Wildman–Crippen MR) is 150 cm³/mol. The lowest BCUT2D eigenvalue weighted by Crippen LogP contribution is -2.60. The minimum atomic E-state index is -5.34. The van der Waals surface area contributed by atoms with Gasteiger partial charge in [-0.2, -0.15) is 17.9 Å². The predicted octanol–water partition coefficient (Wildman–Crippen LogP) is 2.80. The Labute approximate surface area is 249 Å². The maximum atomic E-state index is 14.6. The molecule has 1 atom stereocenters. The zero-order valence-electron chi connectivity index (χ0n) is 23.7. The van der Waals surface area contributed by atoms with Gasteiger partial charge in [0, 0.05) is 0 Å². The van der Waals surface area contributed by atoms with Crippen LogP contribution in [-0.2, 0) is 52.7 Å². The van der Waals surface area contributed by atoms with Crippen LogP contribution >= 0.6 is 7.94 Å². The second-order valence-corrected chi connectivity index (χ2v) is 14.4. The van der Waals surface area contributed by atoms with E-state index in [0.717, 1.165) is 45.6 Å². The molecule has 1 unspecified atom stereocenters. The second kappa shape index (κ2) is 13.0. The molecule has 1 heterocycles. The van der Waals surface area contributed by atoms with Gasteiger partial charge < -0.3 is 14.6 Å². The van der Waals surface area contributed by atoms with E-state index in [0.29, 0.717) is 0 Å². The van der Waals surface area contributed by atoms with E-state index in [4.69, 9.17) is 23.0 Å². The first-order valence-corrected chi connectivity index (χ1v) is 16.8. The lowest BCUT2D eigenvalue weighted by molar-refractivity contribution is -0.155. The van der Waals surface area contributed by atoms with Crippen LogP contribution in [0.15, 0.2) is 81.7 Å². The number of esters is 1. The Hall–Kier alpha value is -3.60. The van der Waals surface area contributed by atoms with E-state index in [1.165, 1.54) is 50.2 Å². The SMILES string of the molecule is CCOC(=O)C1(/C(=C(/O)OCC)[P+](OC)(OC)OC)C(=O)N(S(=O)(=O)c2ccccc2)C(=O)N1S(=O)(=O)c1ccccc1. The summed E-state index contributed by atoms with van der Waals surface area (Å²) in [4.78, 5) is 41.6. The van der Waals surface area contributed by atoms with Gasteiger partial charge in [-0.3, -0.25) is 4.79 Å². The van der Waals surface area contributed by atoms with E-state index in [1.807, 2.05) is 0 Å². The summed E-state index contributed by atoms with van der Waals surface area (Å²) < 4.78 is 82.0. The Bertz CT molecular complexity index is 1600. The molecule has 43 heavy (non-hydrogen) atoms. The molecule has 0 spiro atoms. The van der Waals surface area contributed by atoms with Gasteiger partial charge in [0.25, 0.3) is 31.3 Å². The van der Waals surface area contributed by atoms with Gasteiger partial charge in [0.2, 0.25) is 0 Å². The molecular formula is C25H30N2O13PS2+. The fourth-order valence-electron chi connectivity index (χ4n) is 4.31. The molecule has 0 aromatic heterocycles. The molecule has 1 aliphatic heterocycles. The number of benzene rings is 2. The highest BCUT2D eigenvalue weighted by Gasteiger charge is 2.81. The van der Waals surface area contributed by atoms with Gasteiger partial charge in [-0.05, 0) is 38.1 Å². The van der Waals surface area contributed by atoms with Gasteiger partial charge in [-0.15, -0.1) is 4.31 Å². The Kier molecular flexibility index (Phi) is 10.2. The Morgan fingerprint density at radius 2 is 1.23 bits per heavy atom. The molecule has 18 heteroatoms. The Balaban J connectivity index is 2.65. The molecule has 3 rings (SSSR count). The second-order valence-electron chi connectivity index (χ2n) is 8.32. The number of carbonyl (C=O) groups excluding carboxylic acids is 3. The fraction of sp³-hybridized carbons (Fsp3) is 0.320. The lowest BCUT2D eigenvalue weighted by atomic mass is 9.99. The number of aliphatic hydroxyl groups excluding tert-OH is 1. The van der Waals surface area contributed by atoms with E-state index in [2.05, 4.69) is 0 Å². The molecule has 0 saturated carbocycles. The number of carbonyl (C=O) groups is 3. The maximum Gasteiger partial charge on any atom is 0.454 e. The number of aliphatic hydroxyl groups is 1. The Morgan fingerprint density at radius 3 is 1.65 bits per heavy atom. The third-order valence-corrected chi connectivity index (χ3v) is 12.1. The summed E-state index contributed by atoms with van der Waals surface area (Å²) in [5.41, 5.74) is -3.65. The summed E-state index contributed by atoms with van der Waals surface area (Å²) in [6.07, 6.45) is 0. The van der Waals surface area contributed by atoms with Crippen LogP contribution in [-0.4, -0.2) is 88.5 Å². The molecule has 15 nitrogen and oxygen atoms in total. The minimum absolute atomic E-state index is 0.285. The van der Waals surface area contributed by atoms with E-state index >= 15 is 0 Å². The van der Waals surface area contributed by atoms with Crippen molar-refractivity contribution in [2.75, 3.05) is 34.5 Å². The van der Waals surface area contributed by atoms with Gasteiger partial charge in [0.1, 0.15) is 0 Å². The molecule has 2 aromatic rings. The Morgan fingerprint density at radius 1 is 0.791 bits per heavy atom. The van der Waals surface area contributed by atoms with Crippen LogP contribution in [0.3, 0.4) is 0 Å². The topological polar surface area (TPSA) is 192 Å². The minimum Gasteiger partial charge on any atom is -0.478 e. The summed E-state index contributed by atoms with van der Waals surface area (Å²) >= 11 is 0. The maximum absolute atomic E-state index is 14.6. The molecule has 3 amide bonds. The van der Waals surface area contributed by atoms with Crippen LogP contribution in [0.1, 0.15) is 13.8 Å². The van der Waals surface area contributed by atoms with E-state index in [9.17, 15) is 36.3 Å². The summed E-state index contributed by atoms with van der Waals surface area (Å²) in [6.45, 7) is 1.88. The van der Waals surface area contributed by atoms with E-state index < -0.39 is 83.4 Å². The number of hydrogen-bond acceptors (Lipinski definition) is 13. The van der Waals surface area contributed by atoms with Gasteiger partial charge in [0.15, 0.2) is 0 Å².